The Bertz CT molecular complexity index is 653. The first kappa shape index (κ1) is 14.5. The number of rotatable bonds is 5. The summed E-state index contributed by atoms with van der Waals surface area (Å²) in [4.78, 5) is 21.2. The molecule has 2 N–H and O–H groups in total. The molecule has 0 radical (unpaired) electrons. The molecular weight excluding hydrogens is 270 g/mol. The van der Waals surface area contributed by atoms with Crippen molar-refractivity contribution in [1.82, 2.24) is 0 Å². The normalized spacial score (nSPS) is 9.95. The number of non-ortho nitro benzene ring substituents is 1. The van der Waals surface area contributed by atoms with Crippen molar-refractivity contribution in [3.8, 4) is 0 Å². The lowest BCUT2D eigenvalue weighted by molar-refractivity contribution is -0.384. The molecule has 0 spiro atoms. The van der Waals surface area contributed by atoms with Crippen LogP contribution in [0.5, 0.6) is 0 Å². The summed E-state index contributed by atoms with van der Waals surface area (Å²) < 4.78 is 0. The van der Waals surface area contributed by atoms with Gasteiger partial charge in [0.15, 0.2) is 0 Å². The smallest absolute Gasteiger partial charge is 0.271 e. The lowest BCUT2D eigenvalue weighted by Crippen LogP contribution is -2.06. The second kappa shape index (κ2) is 6.51. The standard InChI is InChI=1S/C15H15N3O3/c1-11(19)17-13-7-5-12(6-8-13)10-16-14-3-2-4-15(9-14)18(20)21/h2-9,16H,10H2,1H3,(H,17,19). The van der Waals surface area contributed by atoms with Gasteiger partial charge in [-0.25, -0.2) is 0 Å². The summed E-state index contributed by atoms with van der Waals surface area (Å²) in [5, 5.41) is 16.5. The van der Waals surface area contributed by atoms with E-state index >= 15 is 0 Å². The third-order valence-electron chi connectivity index (χ3n) is 2.83. The van der Waals surface area contributed by atoms with Crippen molar-refractivity contribution in [1.29, 1.82) is 0 Å². The summed E-state index contributed by atoms with van der Waals surface area (Å²) in [6.07, 6.45) is 0. The van der Waals surface area contributed by atoms with Gasteiger partial charge in [-0.05, 0) is 23.8 Å². The zero-order valence-electron chi connectivity index (χ0n) is 11.5. The summed E-state index contributed by atoms with van der Waals surface area (Å²) in [6.45, 7) is 2.00. The van der Waals surface area contributed by atoms with Gasteiger partial charge in [0.25, 0.3) is 5.69 Å². The van der Waals surface area contributed by atoms with Gasteiger partial charge in [-0.1, -0.05) is 18.2 Å². The second-order valence-corrected chi connectivity index (χ2v) is 4.54. The van der Waals surface area contributed by atoms with Gasteiger partial charge in [-0.3, -0.25) is 14.9 Å². The van der Waals surface area contributed by atoms with Crippen LogP contribution in [0, 0.1) is 10.1 Å². The number of hydrogen-bond donors (Lipinski definition) is 2. The third kappa shape index (κ3) is 4.31. The Morgan fingerprint density at radius 3 is 2.48 bits per heavy atom. The molecule has 2 aromatic rings. The first-order valence-corrected chi connectivity index (χ1v) is 6.39. The van der Waals surface area contributed by atoms with E-state index in [1.807, 2.05) is 24.3 Å². The fraction of sp³-hybridized carbons (Fsp3) is 0.133. The lowest BCUT2D eigenvalue weighted by atomic mass is 10.2. The number of carbonyl (C=O) groups excluding carboxylic acids is 1. The molecule has 0 atom stereocenters. The number of nitro benzene ring substituents is 1. The zero-order chi connectivity index (χ0) is 15.2. The molecule has 0 aliphatic heterocycles. The molecule has 0 aromatic heterocycles. The van der Waals surface area contributed by atoms with Crippen LogP contribution in [0.1, 0.15) is 12.5 Å². The first-order chi connectivity index (χ1) is 10.0. The summed E-state index contributed by atoms with van der Waals surface area (Å²) in [7, 11) is 0. The first-order valence-electron chi connectivity index (χ1n) is 6.39. The summed E-state index contributed by atoms with van der Waals surface area (Å²) in [5.41, 5.74) is 2.49. The van der Waals surface area contributed by atoms with E-state index in [0.717, 1.165) is 11.3 Å². The highest BCUT2D eigenvalue weighted by Crippen LogP contribution is 2.18. The van der Waals surface area contributed by atoms with E-state index in [0.29, 0.717) is 12.2 Å². The van der Waals surface area contributed by atoms with Crippen molar-refractivity contribution in [3.63, 3.8) is 0 Å². The Hall–Kier alpha value is -2.89. The molecule has 0 aliphatic rings. The van der Waals surface area contributed by atoms with Gasteiger partial charge in [0.2, 0.25) is 5.91 Å². The number of nitro groups is 1. The zero-order valence-corrected chi connectivity index (χ0v) is 11.5. The van der Waals surface area contributed by atoms with Crippen LogP contribution in [-0.2, 0) is 11.3 Å². The largest absolute Gasteiger partial charge is 0.381 e. The van der Waals surface area contributed by atoms with Crippen LogP contribution in [0.15, 0.2) is 48.5 Å². The molecule has 0 fully saturated rings. The van der Waals surface area contributed by atoms with Crippen molar-refractivity contribution in [2.24, 2.45) is 0 Å². The van der Waals surface area contributed by atoms with Gasteiger partial charge in [0.1, 0.15) is 0 Å². The monoisotopic (exact) mass is 285 g/mol. The molecule has 0 saturated carbocycles. The maximum absolute atomic E-state index is 10.9. The van der Waals surface area contributed by atoms with Gasteiger partial charge in [-0.15, -0.1) is 0 Å². The predicted octanol–water partition coefficient (Wildman–Crippen LogP) is 3.17. The van der Waals surface area contributed by atoms with E-state index in [9.17, 15) is 14.9 Å². The Labute approximate surface area is 121 Å². The predicted molar refractivity (Wildman–Crippen MR) is 81.2 cm³/mol. The fourth-order valence-electron chi connectivity index (χ4n) is 1.84. The van der Waals surface area contributed by atoms with Crippen LogP contribution in [-0.4, -0.2) is 10.8 Å². The number of hydrogen-bond acceptors (Lipinski definition) is 4. The molecule has 0 saturated heterocycles. The van der Waals surface area contributed by atoms with E-state index in [1.54, 1.807) is 12.1 Å². The Morgan fingerprint density at radius 2 is 1.86 bits per heavy atom. The van der Waals surface area contributed by atoms with Gasteiger partial charge in [0, 0.05) is 37.0 Å². The second-order valence-electron chi connectivity index (χ2n) is 4.54. The number of benzene rings is 2. The molecular formula is C15H15N3O3. The van der Waals surface area contributed by atoms with Crippen LogP contribution in [0.25, 0.3) is 0 Å². The van der Waals surface area contributed by atoms with Crippen LogP contribution >= 0.6 is 0 Å². The minimum Gasteiger partial charge on any atom is -0.381 e. The van der Waals surface area contributed by atoms with Gasteiger partial charge >= 0.3 is 0 Å². The Kier molecular flexibility index (Phi) is 4.50. The fourth-order valence-corrected chi connectivity index (χ4v) is 1.84. The highest BCUT2D eigenvalue weighted by molar-refractivity contribution is 5.88. The number of anilines is 2. The van der Waals surface area contributed by atoms with Crippen molar-refractivity contribution in [2.45, 2.75) is 13.5 Å². The van der Waals surface area contributed by atoms with Crippen molar-refractivity contribution < 1.29 is 9.72 Å². The lowest BCUT2D eigenvalue weighted by Gasteiger charge is -2.07. The molecule has 108 valence electrons. The number of amides is 1. The van der Waals surface area contributed by atoms with Gasteiger partial charge < -0.3 is 10.6 Å². The highest BCUT2D eigenvalue weighted by atomic mass is 16.6. The SMILES string of the molecule is CC(=O)Nc1ccc(CNc2cccc([N+](=O)[O-])c2)cc1. The van der Waals surface area contributed by atoms with E-state index in [4.69, 9.17) is 0 Å². The van der Waals surface area contributed by atoms with Gasteiger partial charge in [-0.2, -0.15) is 0 Å². The van der Waals surface area contributed by atoms with Crippen molar-refractivity contribution >= 4 is 23.0 Å². The number of nitrogens with zero attached hydrogens (tertiary/aromatic N) is 1. The van der Waals surface area contributed by atoms with Gasteiger partial charge in [0.05, 0.1) is 4.92 Å². The minimum absolute atomic E-state index is 0.0565. The summed E-state index contributed by atoms with van der Waals surface area (Å²) in [6, 6.07) is 13.8. The maximum Gasteiger partial charge on any atom is 0.271 e. The molecule has 2 rings (SSSR count). The third-order valence-corrected chi connectivity index (χ3v) is 2.83. The Morgan fingerprint density at radius 1 is 1.14 bits per heavy atom. The molecule has 0 unspecified atom stereocenters. The molecule has 0 aliphatic carbocycles. The van der Waals surface area contributed by atoms with Crippen molar-refractivity contribution in [2.75, 3.05) is 10.6 Å². The van der Waals surface area contributed by atoms with E-state index in [-0.39, 0.29) is 11.6 Å². The average molecular weight is 285 g/mol. The van der Waals surface area contributed by atoms with E-state index in [1.165, 1.54) is 19.1 Å². The summed E-state index contributed by atoms with van der Waals surface area (Å²) >= 11 is 0. The molecule has 2 aromatic carbocycles. The Balaban J connectivity index is 1.98. The molecule has 6 heteroatoms. The topological polar surface area (TPSA) is 84.3 Å². The van der Waals surface area contributed by atoms with Crippen molar-refractivity contribution in [3.05, 3.63) is 64.2 Å². The van der Waals surface area contributed by atoms with Crippen LogP contribution in [0.3, 0.4) is 0 Å². The molecule has 0 bridgehead atoms. The van der Waals surface area contributed by atoms with Crippen LogP contribution < -0.4 is 10.6 Å². The number of nitrogens with one attached hydrogen (secondary N) is 2. The number of carbonyl (C=O) groups is 1. The quantitative estimate of drug-likeness (QED) is 0.652. The van der Waals surface area contributed by atoms with E-state index in [2.05, 4.69) is 10.6 Å². The van der Waals surface area contributed by atoms with E-state index < -0.39 is 4.92 Å². The molecule has 1 amide bonds. The van der Waals surface area contributed by atoms with Crippen LogP contribution in [0.4, 0.5) is 17.1 Å². The molecule has 0 heterocycles. The summed E-state index contributed by atoms with van der Waals surface area (Å²) in [5.74, 6) is -0.113. The van der Waals surface area contributed by atoms with Crippen LogP contribution in [0.2, 0.25) is 0 Å². The minimum atomic E-state index is -0.423. The highest BCUT2D eigenvalue weighted by Gasteiger charge is 2.05. The molecule has 21 heavy (non-hydrogen) atoms. The maximum atomic E-state index is 10.9. The molecule has 6 nitrogen and oxygen atoms in total. The average Bonchev–Trinajstić information content (AvgIpc) is 2.46.